The second-order valence-electron chi connectivity index (χ2n) is 3.79. The number of hydrogen-bond acceptors (Lipinski definition) is 4. The van der Waals surface area contributed by atoms with Gasteiger partial charge < -0.3 is 15.5 Å². The maximum Gasteiger partial charge on any atom is 0.161 e. The highest BCUT2D eigenvalue weighted by molar-refractivity contribution is 7.09. The molecule has 0 aliphatic carbocycles. The summed E-state index contributed by atoms with van der Waals surface area (Å²) in [5, 5.41) is 24.2. The van der Waals surface area contributed by atoms with Crippen molar-refractivity contribution in [3.63, 3.8) is 0 Å². The van der Waals surface area contributed by atoms with Crippen LogP contribution in [0.3, 0.4) is 0 Å². The summed E-state index contributed by atoms with van der Waals surface area (Å²) in [4.78, 5) is 1.35. The molecule has 0 fully saturated rings. The van der Waals surface area contributed by atoms with Crippen molar-refractivity contribution in [2.45, 2.75) is 13.0 Å². The Hall–Kier alpha value is -1.52. The molecule has 2 rings (SSSR count). The molecule has 0 aliphatic heterocycles. The third-order valence-corrected chi connectivity index (χ3v) is 3.48. The van der Waals surface area contributed by atoms with E-state index in [1.165, 1.54) is 10.9 Å². The summed E-state index contributed by atoms with van der Waals surface area (Å²) in [6.45, 7) is 1.42. The van der Waals surface area contributed by atoms with Gasteiger partial charge in [-0.15, -0.1) is 11.3 Å². The average Bonchev–Trinajstić information content (AvgIpc) is 2.83. The molecular formula is C13H15NO2S. The van der Waals surface area contributed by atoms with E-state index >= 15 is 0 Å². The van der Waals surface area contributed by atoms with Gasteiger partial charge in [0.25, 0.3) is 0 Å². The summed E-state index contributed by atoms with van der Waals surface area (Å²) in [6, 6.07) is 9.15. The second-order valence-corrected chi connectivity index (χ2v) is 4.82. The second kappa shape index (κ2) is 5.70. The molecule has 4 heteroatoms. The van der Waals surface area contributed by atoms with E-state index in [0.29, 0.717) is 6.54 Å². The molecule has 0 aliphatic rings. The Morgan fingerprint density at radius 3 is 2.76 bits per heavy atom. The number of rotatable bonds is 5. The maximum absolute atomic E-state index is 9.59. The predicted molar refractivity (Wildman–Crippen MR) is 69.5 cm³/mol. The fourth-order valence-electron chi connectivity index (χ4n) is 1.61. The lowest BCUT2D eigenvalue weighted by Gasteiger charge is -2.07. The van der Waals surface area contributed by atoms with Crippen LogP contribution in [0.2, 0.25) is 0 Å². The molecule has 0 amide bonds. The first-order chi connectivity index (χ1) is 8.27. The molecule has 3 N–H and O–H groups in total. The van der Waals surface area contributed by atoms with Gasteiger partial charge in [-0.2, -0.15) is 0 Å². The molecule has 0 spiro atoms. The molecule has 1 aromatic carbocycles. The number of benzene rings is 1. The fraction of sp³-hybridized carbons (Fsp3) is 0.231. The Kier molecular flexibility index (Phi) is 4.01. The van der Waals surface area contributed by atoms with Gasteiger partial charge in [0, 0.05) is 23.5 Å². The number of phenols is 2. The third kappa shape index (κ3) is 3.22. The Labute approximate surface area is 104 Å². The van der Waals surface area contributed by atoms with Gasteiger partial charge in [-0.1, -0.05) is 18.2 Å². The molecule has 90 valence electrons. The van der Waals surface area contributed by atoms with E-state index in [-0.39, 0.29) is 11.5 Å². The Bertz CT molecular complexity index is 468. The smallest absolute Gasteiger partial charge is 0.161 e. The van der Waals surface area contributed by atoms with E-state index in [9.17, 15) is 10.2 Å². The standard InChI is InChI=1S/C13H15NO2S/c15-12-5-1-3-10(13(12)16)9-14-7-6-11-4-2-8-17-11/h1-5,8,14-16H,6-7,9H2. The summed E-state index contributed by atoms with van der Waals surface area (Å²) in [5.41, 5.74) is 0.719. The first-order valence-electron chi connectivity index (χ1n) is 5.50. The molecule has 0 unspecified atom stereocenters. The van der Waals surface area contributed by atoms with Crippen LogP contribution in [0.5, 0.6) is 11.5 Å². The Morgan fingerprint density at radius 1 is 1.12 bits per heavy atom. The van der Waals surface area contributed by atoms with E-state index in [1.807, 2.05) is 6.07 Å². The van der Waals surface area contributed by atoms with Crippen molar-refractivity contribution < 1.29 is 10.2 Å². The van der Waals surface area contributed by atoms with Gasteiger partial charge in [0.1, 0.15) is 0 Å². The first-order valence-corrected chi connectivity index (χ1v) is 6.38. The van der Waals surface area contributed by atoms with E-state index in [1.54, 1.807) is 23.5 Å². The van der Waals surface area contributed by atoms with Crippen LogP contribution in [0, 0.1) is 0 Å². The lowest BCUT2D eigenvalue weighted by Crippen LogP contribution is -2.16. The number of thiophene rings is 1. The molecule has 0 saturated heterocycles. The van der Waals surface area contributed by atoms with E-state index in [2.05, 4.69) is 16.8 Å². The van der Waals surface area contributed by atoms with Crippen LogP contribution < -0.4 is 5.32 Å². The van der Waals surface area contributed by atoms with Gasteiger partial charge in [-0.25, -0.2) is 0 Å². The molecule has 0 saturated carbocycles. The zero-order valence-corrected chi connectivity index (χ0v) is 10.2. The van der Waals surface area contributed by atoms with Gasteiger partial charge in [0.05, 0.1) is 0 Å². The van der Waals surface area contributed by atoms with Crippen molar-refractivity contribution in [3.05, 3.63) is 46.2 Å². The molecule has 2 aromatic rings. The number of hydrogen-bond donors (Lipinski definition) is 3. The summed E-state index contributed by atoms with van der Waals surface area (Å²) in [7, 11) is 0. The molecule has 17 heavy (non-hydrogen) atoms. The topological polar surface area (TPSA) is 52.5 Å². The molecular weight excluding hydrogens is 234 g/mol. The minimum atomic E-state index is -0.0671. The average molecular weight is 249 g/mol. The third-order valence-electron chi connectivity index (χ3n) is 2.54. The van der Waals surface area contributed by atoms with Crippen molar-refractivity contribution >= 4 is 11.3 Å². The minimum absolute atomic E-state index is 0.0314. The number of para-hydroxylation sites is 1. The van der Waals surface area contributed by atoms with Crippen LogP contribution >= 0.6 is 11.3 Å². The van der Waals surface area contributed by atoms with Crippen LogP contribution in [0.15, 0.2) is 35.7 Å². The molecule has 0 atom stereocenters. The monoisotopic (exact) mass is 249 g/mol. The van der Waals surface area contributed by atoms with Crippen LogP contribution in [0.1, 0.15) is 10.4 Å². The quantitative estimate of drug-likeness (QED) is 0.563. The van der Waals surface area contributed by atoms with Gasteiger partial charge >= 0.3 is 0 Å². The predicted octanol–water partition coefficient (Wildman–Crippen LogP) is 2.49. The normalized spacial score (nSPS) is 10.6. The van der Waals surface area contributed by atoms with Crippen LogP contribution in [-0.4, -0.2) is 16.8 Å². The van der Waals surface area contributed by atoms with Crippen molar-refractivity contribution in [2.24, 2.45) is 0 Å². The lowest BCUT2D eigenvalue weighted by molar-refractivity contribution is 0.398. The first kappa shape index (κ1) is 12.0. The van der Waals surface area contributed by atoms with Crippen LogP contribution in [-0.2, 0) is 13.0 Å². The Balaban J connectivity index is 1.80. The number of nitrogens with one attached hydrogen (secondary N) is 1. The Morgan fingerprint density at radius 2 is 2.00 bits per heavy atom. The van der Waals surface area contributed by atoms with Gasteiger partial charge in [0.2, 0.25) is 0 Å². The van der Waals surface area contributed by atoms with Crippen molar-refractivity contribution in [1.82, 2.24) is 5.32 Å². The van der Waals surface area contributed by atoms with Crippen LogP contribution in [0.25, 0.3) is 0 Å². The highest BCUT2D eigenvalue weighted by Crippen LogP contribution is 2.27. The largest absolute Gasteiger partial charge is 0.504 e. The SMILES string of the molecule is Oc1cccc(CNCCc2cccs2)c1O. The van der Waals surface area contributed by atoms with Gasteiger partial charge in [-0.05, 0) is 23.9 Å². The zero-order valence-electron chi connectivity index (χ0n) is 9.39. The summed E-state index contributed by atoms with van der Waals surface area (Å²) >= 11 is 1.75. The molecule has 1 aromatic heterocycles. The van der Waals surface area contributed by atoms with Crippen molar-refractivity contribution in [2.75, 3.05) is 6.54 Å². The van der Waals surface area contributed by atoms with Crippen molar-refractivity contribution in [3.8, 4) is 11.5 Å². The van der Waals surface area contributed by atoms with Crippen LogP contribution in [0.4, 0.5) is 0 Å². The summed E-state index contributed by atoms with van der Waals surface area (Å²) in [5.74, 6) is -0.0984. The van der Waals surface area contributed by atoms with Gasteiger partial charge in [0.15, 0.2) is 11.5 Å². The number of aromatic hydroxyl groups is 2. The molecule has 3 nitrogen and oxygen atoms in total. The minimum Gasteiger partial charge on any atom is -0.504 e. The fourth-order valence-corrected chi connectivity index (χ4v) is 2.32. The van der Waals surface area contributed by atoms with Gasteiger partial charge in [-0.3, -0.25) is 0 Å². The van der Waals surface area contributed by atoms with Crippen molar-refractivity contribution in [1.29, 1.82) is 0 Å². The van der Waals surface area contributed by atoms with E-state index in [0.717, 1.165) is 18.5 Å². The van der Waals surface area contributed by atoms with E-state index in [4.69, 9.17) is 0 Å². The molecule has 1 heterocycles. The highest BCUT2D eigenvalue weighted by atomic mass is 32.1. The molecule has 0 bridgehead atoms. The highest BCUT2D eigenvalue weighted by Gasteiger charge is 2.04. The maximum atomic E-state index is 9.59. The molecule has 0 radical (unpaired) electrons. The van der Waals surface area contributed by atoms with E-state index < -0.39 is 0 Å². The lowest BCUT2D eigenvalue weighted by atomic mass is 10.2. The number of phenolic OH excluding ortho intramolecular Hbond substituents is 2. The summed E-state index contributed by atoms with van der Waals surface area (Å²) in [6.07, 6.45) is 0.983. The zero-order chi connectivity index (χ0) is 12.1. The summed E-state index contributed by atoms with van der Waals surface area (Å²) < 4.78 is 0.